The fraction of sp³-hybridized carbons (Fsp3) is 0.176. The van der Waals surface area contributed by atoms with Crippen LogP contribution in [0.15, 0.2) is 152 Å². The molecule has 1 nitrogen and oxygen atoms in total. The maximum absolute atomic E-state index is 2.56. The van der Waals surface area contributed by atoms with Crippen molar-refractivity contribution < 1.29 is 0 Å². The van der Waals surface area contributed by atoms with Crippen molar-refractivity contribution in [2.75, 3.05) is 4.90 Å². The van der Waals surface area contributed by atoms with Gasteiger partial charge in [-0.2, -0.15) is 0 Å². The van der Waals surface area contributed by atoms with Gasteiger partial charge in [-0.15, -0.1) is 0 Å². The molecule has 0 aliphatic heterocycles. The fourth-order valence-electron chi connectivity index (χ4n) is 10.1. The Hall–Kier alpha value is -5.66. The van der Waals surface area contributed by atoms with E-state index in [-0.39, 0.29) is 16.2 Å². The highest BCUT2D eigenvalue weighted by Crippen LogP contribution is 2.58. The normalized spacial score (nSPS) is 16.0. The Morgan fingerprint density at radius 3 is 1.40 bits per heavy atom. The van der Waals surface area contributed by atoms with E-state index >= 15 is 0 Å². The van der Waals surface area contributed by atoms with Crippen LogP contribution in [0.5, 0.6) is 0 Å². The number of hydrogen-bond donors (Lipinski definition) is 0. The quantitative estimate of drug-likeness (QED) is 0.180. The molecular weight excluding hydrogens is 627 g/mol. The van der Waals surface area contributed by atoms with E-state index in [2.05, 4.69) is 198 Å². The second-order valence-corrected chi connectivity index (χ2v) is 16.5. The first-order valence-corrected chi connectivity index (χ1v) is 18.7. The first-order valence-electron chi connectivity index (χ1n) is 18.7. The minimum Gasteiger partial charge on any atom is -0.309 e. The van der Waals surface area contributed by atoms with Crippen molar-refractivity contribution in [3.63, 3.8) is 0 Å². The van der Waals surface area contributed by atoms with Crippen molar-refractivity contribution in [1.29, 1.82) is 0 Å². The van der Waals surface area contributed by atoms with Crippen LogP contribution in [-0.4, -0.2) is 0 Å². The summed E-state index contributed by atoms with van der Waals surface area (Å²) in [4.78, 5) is 2.56. The van der Waals surface area contributed by atoms with E-state index < -0.39 is 0 Å². The van der Waals surface area contributed by atoms with Gasteiger partial charge in [-0.1, -0.05) is 169 Å². The molecular formula is C51H43N. The van der Waals surface area contributed by atoms with Crippen LogP contribution < -0.4 is 4.90 Å². The largest absolute Gasteiger partial charge is 0.309 e. The smallest absolute Gasteiger partial charge is 0.0543 e. The van der Waals surface area contributed by atoms with Gasteiger partial charge in [0.1, 0.15) is 0 Å². The summed E-state index contributed by atoms with van der Waals surface area (Å²) in [7, 11) is 0. The second-order valence-electron chi connectivity index (χ2n) is 16.5. The number of benzene rings is 7. The Morgan fingerprint density at radius 1 is 0.308 bits per heavy atom. The number of hydrogen-bond acceptors (Lipinski definition) is 1. The number of anilines is 3. The van der Waals surface area contributed by atoms with Crippen LogP contribution in [0.2, 0.25) is 0 Å². The highest BCUT2D eigenvalue weighted by Gasteiger charge is 2.40. The Kier molecular flexibility index (Phi) is 6.39. The minimum atomic E-state index is -0.108. The van der Waals surface area contributed by atoms with E-state index in [9.17, 15) is 0 Å². The predicted octanol–water partition coefficient (Wildman–Crippen LogP) is 13.7. The van der Waals surface area contributed by atoms with Crippen LogP contribution in [0.25, 0.3) is 44.5 Å². The van der Waals surface area contributed by atoms with Gasteiger partial charge in [0, 0.05) is 33.1 Å². The van der Waals surface area contributed by atoms with E-state index in [0.29, 0.717) is 0 Å². The van der Waals surface area contributed by atoms with E-state index in [1.807, 2.05) is 0 Å². The zero-order chi connectivity index (χ0) is 35.6. The monoisotopic (exact) mass is 669 g/mol. The molecule has 0 aromatic heterocycles. The summed E-state index contributed by atoms with van der Waals surface area (Å²) in [5.74, 6) is 0. The summed E-state index contributed by atoms with van der Waals surface area (Å²) in [6.45, 7) is 14.2. The van der Waals surface area contributed by atoms with Crippen molar-refractivity contribution in [2.24, 2.45) is 0 Å². The zero-order valence-corrected chi connectivity index (χ0v) is 30.9. The second kappa shape index (κ2) is 10.7. The maximum Gasteiger partial charge on any atom is 0.0543 e. The molecule has 0 unspecified atom stereocenters. The van der Waals surface area contributed by atoms with Crippen LogP contribution >= 0.6 is 0 Å². The summed E-state index contributed by atoms with van der Waals surface area (Å²) in [5.41, 5.74) is 22.1. The Labute approximate surface area is 308 Å². The molecule has 0 amide bonds. The number of para-hydroxylation sites is 1. The molecule has 1 heteroatoms. The molecule has 7 aromatic rings. The van der Waals surface area contributed by atoms with Gasteiger partial charge >= 0.3 is 0 Å². The van der Waals surface area contributed by atoms with Gasteiger partial charge in [0.15, 0.2) is 0 Å². The Morgan fingerprint density at radius 2 is 0.731 bits per heavy atom. The number of nitrogens with zero attached hydrogens (tertiary/aromatic N) is 1. The molecule has 0 heterocycles. The van der Waals surface area contributed by atoms with E-state index in [1.165, 1.54) is 95.0 Å². The lowest BCUT2D eigenvalue weighted by molar-refractivity contribution is 0.660. The van der Waals surface area contributed by atoms with Gasteiger partial charge < -0.3 is 4.90 Å². The summed E-state index contributed by atoms with van der Waals surface area (Å²) in [5, 5.41) is 0. The van der Waals surface area contributed by atoms with Gasteiger partial charge in [-0.3, -0.25) is 0 Å². The lowest BCUT2D eigenvalue weighted by atomic mass is 9.82. The third-order valence-electron chi connectivity index (χ3n) is 12.7. The van der Waals surface area contributed by atoms with E-state index in [1.54, 1.807) is 0 Å². The van der Waals surface area contributed by atoms with Gasteiger partial charge in [0.25, 0.3) is 0 Å². The van der Waals surface area contributed by atoms with Crippen molar-refractivity contribution in [3.05, 3.63) is 185 Å². The Balaban J connectivity index is 1.28. The molecule has 0 N–H and O–H groups in total. The molecule has 0 fully saturated rings. The van der Waals surface area contributed by atoms with Crippen molar-refractivity contribution in [3.8, 4) is 44.5 Å². The van der Waals surface area contributed by atoms with E-state index in [0.717, 1.165) is 0 Å². The number of fused-ring (bicyclic) bond motifs is 9. The van der Waals surface area contributed by atoms with Crippen molar-refractivity contribution in [1.82, 2.24) is 0 Å². The van der Waals surface area contributed by atoms with Crippen molar-refractivity contribution >= 4 is 17.1 Å². The average molecular weight is 670 g/mol. The fourth-order valence-corrected chi connectivity index (χ4v) is 10.1. The molecule has 3 aliphatic carbocycles. The van der Waals surface area contributed by atoms with Crippen molar-refractivity contribution in [2.45, 2.75) is 57.8 Å². The standard InChI is InChI=1S/C51H43N/c1-49(2)39-22-11-7-17-33(39)38-31-32(29-30-42(38)49)52(46-28-16-26-44-48(46)37-20-9-13-24-41(37)51(44,5)6)45-27-14-10-18-34(45)35-21-15-25-43-47(35)36-19-8-12-23-40(36)50(43,3)4/h7-31H,1-6H3. The van der Waals surface area contributed by atoms with Gasteiger partial charge in [0.2, 0.25) is 0 Å². The van der Waals surface area contributed by atoms with Crippen LogP contribution in [0.1, 0.15) is 74.9 Å². The lowest BCUT2D eigenvalue weighted by Gasteiger charge is -2.31. The summed E-state index contributed by atoms with van der Waals surface area (Å²) in [6.07, 6.45) is 0. The lowest BCUT2D eigenvalue weighted by Crippen LogP contribution is -2.17. The molecule has 7 aromatic carbocycles. The summed E-state index contributed by atoms with van der Waals surface area (Å²) in [6, 6.07) is 57.2. The molecule has 0 saturated heterocycles. The summed E-state index contributed by atoms with van der Waals surface area (Å²) < 4.78 is 0. The molecule has 0 radical (unpaired) electrons. The van der Waals surface area contributed by atoms with Crippen LogP contribution in [-0.2, 0) is 16.2 Å². The molecule has 3 aliphatic rings. The predicted molar refractivity (Wildman–Crippen MR) is 219 cm³/mol. The zero-order valence-electron chi connectivity index (χ0n) is 30.9. The minimum absolute atomic E-state index is 0.0606. The third kappa shape index (κ3) is 4.05. The molecule has 10 rings (SSSR count). The first kappa shape index (κ1) is 31.1. The Bertz CT molecular complexity index is 2610. The molecule has 52 heavy (non-hydrogen) atoms. The average Bonchev–Trinajstić information content (AvgIpc) is 3.65. The first-order chi connectivity index (χ1) is 25.1. The van der Waals surface area contributed by atoms with Crippen LogP contribution in [0.3, 0.4) is 0 Å². The highest BCUT2D eigenvalue weighted by molar-refractivity contribution is 6.02. The molecule has 0 spiro atoms. The molecule has 252 valence electrons. The van der Waals surface area contributed by atoms with Crippen LogP contribution in [0.4, 0.5) is 17.1 Å². The van der Waals surface area contributed by atoms with Crippen LogP contribution in [0, 0.1) is 0 Å². The highest BCUT2D eigenvalue weighted by atomic mass is 15.1. The third-order valence-corrected chi connectivity index (χ3v) is 12.7. The molecule has 0 atom stereocenters. The molecule has 0 bridgehead atoms. The molecule has 0 saturated carbocycles. The van der Waals surface area contributed by atoms with Gasteiger partial charge in [0.05, 0.1) is 11.4 Å². The number of rotatable bonds is 4. The SMILES string of the molecule is CC1(C)c2ccccc2-c2cc(N(c3ccccc3-c3cccc4c3-c3ccccc3C4(C)C)c3cccc4c3-c3ccccc3C4(C)C)ccc21. The van der Waals surface area contributed by atoms with Gasteiger partial charge in [-0.25, -0.2) is 0 Å². The maximum atomic E-state index is 2.56. The van der Waals surface area contributed by atoms with E-state index in [4.69, 9.17) is 0 Å². The van der Waals surface area contributed by atoms with Gasteiger partial charge in [-0.05, 0) is 91.0 Å². The summed E-state index contributed by atoms with van der Waals surface area (Å²) >= 11 is 0. The topological polar surface area (TPSA) is 3.24 Å².